The highest BCUT2D eigenvalue weighted by atomic mass is 16.2. The van der Waals surface area contributed by atoms with E-state index in [2.05, 4.69) is 19.2 Å². The Morgan fingerprint density at radius 2 is 2.29 bits per heavy atom. The van der Waals surface area contributed by atoms with Crippen LogP contribution in [0.5, 0.6) is 0 Å². The van der Waals surface area contributed by atoms with Crippen molar-refractivity contribution in [1.29, 1.82) is 0 Å². The van der Waals surface area contributed by atoms with Crippen molar-refractivity contribution >= 4 is 5.91 Å². The first-order valence-corrected chi connectivity index (χ1v) is 5.57. The van der Waals surface area contributed by atoms with Gasteiger partial charge < -0.3 is 10.2 Å². The molecule has 0 radical (unpaired) electrons. The molecule has 3 nitrogen and oxygen atoms in total. The molecule has 1 heterocycles. The van der Waals surface area contributed by atoms with Gasteiger partial charge in [-0.15, -0.1) is 0 Å². The minimum atomic E-state index is 0.229. The van der Waals surface area contributed by atoms with Crippen molar-refractivity contribution in [3.8, 4) is 0 Å². The number of amides is 1. The first-order valence-electron chi connectivity index (χ1n) is 5.57. The summed E-state index contributed by atoms with van der Waals surface area (Å²) < 4.78 is 0. The van der Waals surface area contributed by atoms with E-state index < -0.39 is 0 Å². The van der Waals surface area contributed by atoms with Crippen molar-refractivity contribution in [2.75, 3.05) is 26.7 Å². The number of nitrogens with zero attached hydrogens (tertiary/aromatic N) is 1. The minimum absolute atomic E-state index is 0.229. The summed E-state index contributed by atoms with van der Waals surface area (Å²) in [7, 11) is 1.92. The van der Waals surface area contributed by atoms with E-state index in [4.69, 9.17) is 0 Å². The molecule has 1 atom stereocenters. The van der Waals surface area contributed by atoms with Gasteiger partial charge in [0.25, 0.3) is 0 Å². The maximum atomic E-state index is 11.8. The Labute approximate surface area is 86.9 Å². The van der Waals surface area contributed by atoms with Crippen LogP contribution in [-0.4, -0.2) is 37.5 Å². The molecule has 82 valence electrons. The third-order valence-corrected chi connectivity index (χ3v) is 2.83. The molecule has 1 N–H and O–H groups in total. The molecule has 3 heteroatoms. The summed E-state index contributed by atoms with van der Waals surface area (Å²) in [5, 5.41) is 3.23. The average molecular weight is 198 g/mol. The third-order valence-electron chi connectivity index (χ3n) is 2.83. The molecule has 0 aliphatic carbocycles. The molecular formula is C11H22N2O. The third kappa shape index (κ3) is 3.29. The molecule has 1 rings (SSSR count). The molecule has 1 amide bonds. The second-order valence-electron chi connectivity index (χ2n) is 4.63. The van der Waals surface area contributed by atoms with E-state index in [1.54, 1.807) is 0 Å². The smallest absolute Gasteiger partial charge is 0.226 e. The topological polar surface area (TPSA) is 32.3 Å². The van der Waals surface area contributed by atoms with E-state index in [9.17, 15) is 4.79 Å². The molecule has 14 heavy (non-hydrogen) atoms. The lowest BCUT2D eigenvalue weighted by molar-refractivity contribution is -0.133. The van der Waals surface area contributed by atoms with Crippen LogP contribution in [0.3, 0.4) is 0 Å². The van der Waals surface area contributed by atoms with Crippen LogP contribution in [-0.2, 0) is 4.79 Å². The molecule has 1 aliphatic rings. The van der Waals surface area contributed by atoms with Crippen LogP contribution >= 0.6 is 0 Å². The van der Waals surface area contributed by atoms with Crippen molar-refractivity contribution in [3.05, 3.63) is 0 Å². The zero-order valence-electron chi connectivity index (χ0n) is 9.55. The molecular weight excluding hydrogens is 176 g/mol. The zero-order valence-corrected chi connectivity index (χ0v) is 9.55. The maximum absolute atomic E-state index is 11.8. The summed E-state index contributed by atoms with van der Waals surface area (Å²) in [5.74, 6) is 1.22. The van der Waals surface area contributed by atoms with E-state index >= 15 is 0 Å². The molecule has 1 fully saturated rings. The molecule has 0 spiro atoms. The first kappa shape index (κ1) is 11.5. The normalized spacial score (nSPS) is 21.6. The summed E-state index contributed by atoms with van der Waals surface area (Å²) in [4.78, 5) is 13.7. The van der Waals surface area contributed by atoms with Gasteiger partial charge in [0.15, 0.2) is 0 Å². The standard InChI is InChI=1S/C11H22N2O/c1-9(2)5-7-13(3)11(14)10-4-6-12-8-10/h9-10,12H,4-8H2,1-3H3. The molecule has 0 aromatic heterocycles. The van der Waals surface area contributed by atoms with Gasteiger partial charge in [-0.2, -0.15) is 0 Å². The Balaban J connectivity index is 2.28. The Hall–Kier alpha value is -0.570. The number of nitrogens with one attached hydrogen (secondary N) is 1. The summed E-state index contributed by atoms with van der Waals surface area (Å²) in [6, 6.07) is 0. The molecule has 0 saturated carbocycles. The molecule has 0 aromatic carbocycles. The second kappa shape index (κ2) is 5.35. The van der Waals surface area contributed by atoms with Crippen LogP contribution in [0.4, 0.5) is 0 Å². The van der Waals surface area contributed by atoms with Gasteiger partial charge in [0, 0.05) is 20.1 Å². The van der Waals surface area contributed by atoms with Gasteiger partial charge >= 0.3 is 0 Å². The highest BCUT2D eigenvalue weighted by Crippen LogP contribution is 2.11. The number of hydrogen-bond donors (Lipinski definition) is 1. The monoisotopic (exact) mass is 198 g/mol. The van der Waals surface area contributed by atoms with Crippen molar-refractivity contribution < 1.29 is 4.79 Å². The first-order chi connectivity index (χ1) is 6.61. The summed E-state index contributed by atoms with van der Waals surface area (Å²) >= 11 is 0. The van der Waals surface area contributed by atoms with E-state index in [0.29, 0.717) is 11.8 Å². The van der Waals surface area contributed by atoms with Crippen molar-refractivity contribution in [3.63, 3.8) is 0 Å². The van der Waals surface area contributed by atoms with Crippen LogP contribution < -0.4 is 5.32 Å². The second-order valence-corrected chi connectivity index (χ2v) is 4.63. The lowest BCUT2D eigenvalue weighted by atomic mass is 10.1. The van der Waals surface area contributed by atoms with E-state index in [1.165, 1.54) is 0 Å². The lowest BCUT2D eigenvalue weighted by Crippen LogP contribution is -2.35. The van der Waals surface area contributed by atoms with Gasteiger partial charge in [-0.3, -0.25) is 4.79 Å². The number of hydrogen-bond acceptors (Lipinski definition) is 2. The Bertz CT molecular complexity index is 186. The largest absolute Gasteiger partial charge is 0.345 e. The summed E-state index contributed by atoms with van der Waals surface area (Å²) in [6.45, 7) is 7.14. The number of carbonyl (C=O) groups excluding carboxylic acids is 1. The predicted molar refractivity (Wildman–Crippen MR) is 58.1 cm³/mol. The van der Waals surface area contributed by atoms with Crippen LogP contribution in [0.25, 0.3) is 0 Å². The highest BCUT2D eigenvalue weighted by Gasteiger charge is 2.24. The van der Waals surface area contributed by atoms with Gasteiger partial charge in [-0.05, 0) is 25.3 Å². The molecule has 1 unspecified atom stereocenters. The Kier molecular flexibility index (Phi) is 4.39. The lowest BCUT2D eigenvalue weighted by Gasteiger charge is -2.21. The predicted octanol–water partition coefficient (Wildman–Crippen LogP) is 1.10. The van der Waals surface area contributed by atoms with Crippen LogP contribution in [0, 0.1) is 11.8 Å². The summed E-state index contributed by atoms with van der Waals surface area (Å²) in [5.41, 5.74) is 0. The van der Waals surface area contributed by atoms with Crippen LogP contribution in [0.15, 0.2) is 0 Å². The fourth-order valence-electron chi connectivity index (χ4n) is 1.74. The van der Waals surface area contributed by atoms with Crippen LogP contribution in [0.2, 0.25) is 0 Å². The average Bonchev–Trinajstić information content (AvgIpc) is 2.65. The summed E-state index contributed by atoms with van der Waals surface area (Å²) in [6.07, 6.45) is 2.10. The fraction of sp³-hybridized carbons (Fsp3) is 0.909. The number of rotatable bonds is 4. The molecule has 1 saturated heterocycles. The van der Waals surface area contributed by atoms with Gasteiger partial charge in [-0.25, -0.2) is 0 Å². The van der Waals surface area contributed by atoms with E-state index in [0.717, 1.165) is 32.5 Å². The van der Waals surface area contributed by atoms with E-state index in [1.807, 2.05) is 11.9 Å². The van der Waals surface area contributed by atoms with Gasteiger partial charge in [-0.1, -0.05) is 13.8 Å². The number of carbonyl (C=O) groups is 1. The highest BCUT2D eigenvalue weighted by molar-refractivity contribution is 5.79. The molecule has 0 bridgehead atoms. The Morgan fingerprint density at radius 3 is 2.79 bits per heavy atom. The van der Waals surface area contributed by atoms with E-state index in [-0.39, 0.29) is 5.92 Å². The minimum Gasteiger partial charge on any atom is -0.345 e. The van der Waals surface area contributed by atoms with Crippen molar-refractivity contribution in [1.82, 2.24) is 10.2 Å². The van der Waals surface area contributed by atoms with Gasteiger partial charge in [0.2, 0.25) is 5.91 Å². The quantitative estimate of drug-likeness (QED) is 0.733. The van der Waals surface area contributed by atoms with Crippen molar-refractivity contribution in [2.24, 2.45) is 11.8 Å². The van der Waals surface area contributed by atoms with Gasteiger partial charge in [0.05, 0.1) is 5.92 Å². The molecule has 0 aromatic rings. The van der Waals surface area contributed by atoms with Crippen molar-refractivity contribution in [2.45, 2.75) is 26.7 Å². The fourth-order valence-corrected chi connectivity index (χ4v) is 1.74. The Morgan fingerprint density at radius 1 is 1.57 bits per heavy atom. The SMILES string of the molecule is CC(C)CCN(C)C(=O)C1CCNC1. The van der Waals surface area contributed by atoms with Gasteiger partial charge in [0.1, 0.15) is 0 Å². The molecule has 1 aliphatic heterocycles. The maximum Gasteiger partial charge on any atom is 0.226 e. The van der Waals surface area contributed by atoms with Crippen LogP contribution in [0.1, 0.15) is 26.7 Å². The zero-order chi connectivity index (χ0) is 10.6.